The highest BCUT2D eigenvalue weighted by Gasteiger charge is 2.29. The van der Waals surface area contributed by atoms with E-state index in [2.05, 4.69) is 11.8 Å². The van der Waals surface area contributed by atoms with E-state index in [0.717, 1.165) is 0 Å². The molecule has 0 aromatic heterocycles. The molecule has 0 aliphatic carbocycles. The van der Waals surface area contributed by atoms with Crippen LogP contribution in [-0.2, 0) is 4.74 Å². The Kier molecular flexibility index (Phi) is 1.57. The number of aliphatic hydroxyl groups excluding tert-OH is 1. The predicted octanol–water partition coefficient (Wildman–Crippen LogP) is -0.409. The van der Waals surface area contributed by atoms with E-state index in [1.807, 2.05) is 0 Å². The highest BCUT2D eigenvalue weighted by molar-refractivity contribution is 5.68. The molecule has 1 N–H and O–H groups in total. The SMILES string of the molecule is [CH2]OC(=O)N1CC(O)C1. The van der Waals surface area contributed by atoms with Crippen molar-refractivity contribution in [2.45, 2.75) is 6.10 Å². The third-order valence-electron chi connectivity index (χ3n) is 1.24. The van der Waals surface area contributed by atoms with Crippen LogP contribution in [0.5, 0.6) is 0 Å². The largest absolute Gasteiger partial charge is 0.446 e. The molecule has 0 unspecified atom stereocenters. The van der Waals surface area contributed by atoms with Crippen LogP contribution in [0.25, 0.3) is 0 Å². The standard InChI is InChI=1S/C5H8NO3/c1-9-5(8)6-2-4(7)3-6/h4,7H,1-3H2. The molecule has 1 fully saturated rings. The van der Waals surface area contributed by atoms with Crippen molar-refractivity contribution in [3.05, 3.63) is 7.11 Å². The lowest BCUT2D eigenvalue weighted by Crippen LogP contribution is -2.53. The predicted molar refractivity (Wildman–Crippen MR) is 29.4 cm³/mol. The molecule has 51 valence electrons. The second-order valence-electron chi connectivity index (χ2n) is 1.97. The Bertz CT molecular complexity index is 119. The molecule has 9 heavy (non-hydrogen) atoms. The smallest absolute Gasteiger partial charge is 0.410 e. The monoisotopic (exact) mass is 130 g/mol. The van der Waals surface area contributed by atoms with E-state index in [0.29, 0.717) is 13.1 Å². The van der Waals surface area contributed by atoms with Crippen LogP contribution in [0.3, 0.4) is 0 Å². The average Bonchev–Trinajstić information content (AvgIpc) is 1.79. The molecule has 0 atom stereocenters. The number of nitrogens with zero attached hydrogens (tertiary/aromatic N) is 1. The molecule has 0 aromatic rings. The Labute approximate surface area is 53.0 Å². The summed E-state index contributed by atoms with van der Waals surface area (Å²) in [4.78, 5) is 11.8. The van der Waals surface area contributed by atoms with Crippen LogP contribution in [0, 0.1) is 7.11 Å². The second kappa shape index (κ2) is 2.23. The molecule has 0 aromatic carbocycles. The molecule has 1 heterocycles. The molecule has 4 heteroatoms. The van der Waals surface area contributed by atoms with E-state index >= 15 is 0 Å². The van der Waals surface area contributed by atoms with Crippen LogP contribution in [0.1, 0.15) is 0 Å². The van der Waals surface area contributed by atoms with Gasteiger partial charge in [-0.1, -0.05) is 0 Å². The van der Waals surface area contributed by atoms with E-state index in [-0.39, 0.29) is 6.10 Å². The van der Waals surface area contributed by atoms with Gasteiger partial charge in [-0.2, -0.15) is 0 Å². The third-order valence-corrected chi connectivity index (χ3v) is 1.24. The maximum Gasteiger partial charge on any atom is 0.410 e. The number of hydrogen-bond donors (Lipinski definition) is 1. The summed E-state index contributed by atoms with van der Waals surface area (Å²) in [5.74, 6) is 0. The van der Waals surface area contributed by atoms with Crippen molar-refractivity contribution in [2.24, 2.45) is 0 Å². The topological polar surface area (TPSA) is 49.8 Å². The van der Waals surface area contributed by atoms with E-state index in [4.69, 9.17) is 5.11 Å². The molecule has 1 aliphatic rings. The highest BCUT2D eigenvalue weighted by Crippen LogP contribution is 2.07. The summed E-state index contributed by atoms with van der Waals surface area (Å²) in [6, 6.07) is 0. The molecule has 0 saturated carbocycles. The van der Waals surface area contributed by atoms with Crippen molar-refractivity contribution in [3.8, 4) is 0 Å². The van der Waals surface area contributed by atoms with Crippen molar-refractivity contribution < 1.29 is 14.6 Å². The molecular weight excluding hydrogens is 122 g/mol. The van der Waals surface area contributed by atoms with Gasteiger partial charge in [0.1, 0.15) is 7.11 Å². The van der Waals surface area contributed by atoms with Crippen LogP contribution >= 0.6 is 0 Å². The van der Waals surface area contributed by atoms with Gasteiger partial charge in [0.25, 0.3) is 0 Å². The normalized spacial score (nSPS) is 19.1. The number of ether oxygens (including phenoxy) is 1. The number of amides is 1. The van der Waals surface area contributed by atoms with Crippen molar-refractivity contribution in [1.82, 2.24) is 4.90 Å². The number of carbonyl (C=O) groups is 1. The maximum absolute atomic E-state index is 10.5. The zero-order valence-corrected chi connectivity index (χ0v) is 4.91. The lowest BCUT2D eigenvalue weighted by Gasteiger charge is -2.34. The summed E-state index contributed by atoms with van der Waals surface area (Å²) in [5.41, 5.74) is 0. The van der Waals surface area contributed by atoms with Crippen LogP contribution < -0.4 is 0 Å². The first kappa shape index (κ1) is 6.35. The Hall–Kier alpha value is -0.770. The average molecular weight is 130 g/mol. The van der Waals surface area contributed by atoms with Crippen molar-refractivity contribution in [1.29, 1.82) is 0 Å². The Morgan fingerprint density at radius 2 is 2.33 bits per heavy atom. The minimum absolute atomic E-state index is 0.369. The molecule has 0 spiro atoms. The van der Waals surface area contributed by atoms with Gasteiger partial charge in [0, 0.05) is 0 Å². The number of aliphatic hydroxyl groups is 1. The van der Waals surface area contributed by atoms with Gasteiger partial charge in [0.05, 0.1) is 19.2 Å². The van der Waals surface area contributed by atoms with Gasteiger partial charge >= 0.3 is 6.09 Å². The van der Waals surface area contributed by atoms with Crippen LogP contribution in [0.2, 0.25) is 0 Å². The molecular formula is C5H8NO3. The van der Waals surface area contributed by atoms with Crippen LogP contribution in [0.4, 0.5) is 4.79 Å². The fraction of sp³-hybridized carbons (Fsp3) is 0.600. The molecule has 1 amide bonds. The Balaban J connectivity index is 2.23. The van der Waals surface area contributed by atoms with Crippen molar-refractivity contribution in [2.75, 3.05) is 13.1 Å². The van der Waals surface area contributed by atoms with Gasteiger partial charge in [0.15, 0.2) is 0 Å². The summed E-state index contributed by atoms with van der Waals surface area (Å²) < 4.78 is 4.13. The molecule has 1 aliphatic heterocycles. The summed E-state index contributed by atoms with van der Waals surface area (Å²) in [7, 11) is 2.94. The first-order valence-electron chi connectivity index (χ1n) is 2.63. The van der Waals surface area contributed by atoms with Crippen molar-refractivity contribution >= 4 is 6.09 Å². The molecule has 1 saturated heterocycles. The fourth-order valence-corrected chi connectivity index (χ4v) is 0.696. The summed E-state index contributed by atoms with van der Waals surface area (Å²) in [6.45, 7) is 0.739. The minimum Gasteiger partial charge on any atom is -0.446 e. The maximum atomic E-state index is 10.5. The van der Waals surface area contributed by atoms with Gasteiger partial charge in [-0.3, -0.25) is 0 Å². The van der Waals surface area contributed by atoms with E-state index in [1.165, 1.54) is 4.90 Å². The van der Waals surface area contributed by atoms with Gasteiger partial charge in [0.2, 0.25) is 0 Å². The number of hydrogen-bond acceptors (Lipinski definition) is 3. The van der Waals surface area contributed by atoms with Gasteiger partial charge in [-0.05, 0) is 0 Å². The summed E-state index contributed by atoms with van der Waals surface area (Å²) >= 11 is 0. The highest BCUT2D eigenvalue weighted by atomic mass is 16.5. The first-order valence-corrected chi connectivity index (χ1v) is 2.63. The number of carbonyl (C=O) groups excluding carboxylic acids is 1. The Morgan fingerprint density at radius 3 is 2.67 bits per heavy atom. The van der Waals surface area contributed by atoms with Crippen molar-refractivity contribution in [3.63, 3.8) is 0 Å². The minimum atomic E-state index is -0.472. The van der Waals surface area contributed by atoms with Crippen LogP contribution in [0.15, 0.2) is 0 Å². The molecule has 0 bridgehead atoms. The second-order valence-corrected chi connectivity index (χ2v) is 1.97. The van der Waals surface area contributed by atoms with Crippen LogP contribution in [-0.4, -0.2) is 35.3 Å². The molecule has 1 radical (unpaired) electrons. The first-order chi connectivity index (χ1) is 4.24. The lowest BCUT2D eigenvalue weighted by atomic mass is 10.2. The quantitative estimate of drug-likeness (QED) is 0.485. The number of rotatable bonds is 0. The van der Waals surface area contributed by atoms with E-state index < -0.39 is 6.09 Å². The Morgan fingerprint density at radius 1 is 1.78 bits per heavy atom. The van der Waals surface area contributed by atoms with E-state index in [1.54, 1.807) is 0 Å². The molecule has 4 nitrogen and oxygen atoms in total. The molecule has 1 rings (SSSR count). The van der Waals surface area contributed by atoms with Gasteiger partial charge < -0.3 is 14.7 Å². The summed E-state index contributed by atoms with van der Waals surface area (Å²) in [5, 5.41) is 8.69. The fourth-order valence-electron chi connectivity index (χ4n) is 0.696. The zero-order chi connectivity index (χ0) is 6.85. The number of likely N-dealkylation sites (tertiary alicyclic amines) is 1. The van der Waals surface area contributed by atoms with Gasteiger partial charge in [-0.25, -0.2) is 4.79 Å². The zero-order valence-electron chi connectivity index (χ0n) is 4.91. The lowest BCUT2D eigenvalue weighted by molar-refractivity contribution is 0.00741. The summed E-state index contributed by atoms with van der Waals surface area (Å²) in [6.07, 6.45) is -0.843. The third kappa shape index (κ3) is 1.13. The van der Waals surface area contributed by atoms with Gasteiger partial charge in [-0.15, -0.1) is 0 Å². The number of β-amino-alcohol motifs (C(OH)–C–C–N with tert-alkyl or cyclic N) is 1. The van der Waals surface area contributed by atoms with E-state index in [9.17, 15) is 4.79 Å².